The third kappa shape index (κ3) is 2.69. The number of rotatable bonds is 2. The Balaban J connectivity index is 2.37. The molecule has 2 N–H and O–H groups in total. The lowest BCUT2D eigenvalue weighted by Gasteiger charge is -2.37. The summed E-state index contributed by atoms with van der Waals surface area (Å²) in [6.45, 7) is 4.57. The number of pyridine rings is 1. The van der Waals surface area contributed by atoms with Crippen molar-refractivity contribution in [2.24, 2.45) is 0 Å². The highest BCUT2D eigenvalue weighted by Crippen LogP contribution is 2.28. The molecule has 0 radical (unpaired) electrons. The van der Waals surface area contributed by atoms with Gasteiger partial charge in [-0.05, 0) is 13.0 Å². The molecular weight excluding hydrogens is 280 g/mol. The first-order valence-electron chi connectivity index (χ1n) is 6.24. The van der Waals surface area contributed by atoms with E-state index in [2.05, 4.69) is 4.98 Å². The first kappa shape index (κ1) is 14.6. The Labute approximate surface area is 120 Å². The summed E-state index contributed by atoms with van der Waals surface area (Å²) in [6.07, 6.45) is 1.04. The van der Waals surface area contributed by atoms with E-state index in [4.69, 9.17) is 5.73 Å². The minimum absolute atomic E-state index is 0.00782. The van der Waals surface area contributed by atoms with Gasteiger partial charge in [0.05, 0.1) is 4.92 Å². The van der Waals surface area contributed by atoms with Crippen LogP contribution in [0.5, 0.6) is 0 Å². The van der Waals surface area contributed by atoms with Crippen LogP contribution in [-0.4, -0.2) is 44.3 Å². The van der Waals surface area contributed by atoms with Gasteiger partial charge in [0.1, 0.15) is 17.6 Å². The first-order chi connectivity index (χ1) is 9.41. The second kappa shape index (κ2) is 5.66. The monoisotopic (exact) mass is 296 g/mol. The van der Waals surface area contributed by atoms with Crippen molar-refractivity contribution in [3.63, 3.8) is 0 Å². The maximum Gasteiger partial charge on any atom is 0.300 e. The van der Waals surface area contributed by atoms with Gasteiger partial charge in [-0.2, -0.15) is 11.8 Å². The predicted molar refractivity (Wildman–Crippen MR) is 77.7 cm³/mol. The summed E-state index contributed by atoms with van der Waals surface area (Å²) in [7, 11) is 0. The zero-order chi connectivity index (χ0) is 14.9. The minimum Gasteiger partial charge on any atom is -0.384 e. The summed E-state index contributed by atoms with van der Waals surface area (Å²) < 4.78 is 0. The highest BCUT2D eigenvalue weighted by Gasteiger charge is 2.33. The van der Waals surface area contributed by atoms with Crippen molar-refractivity contribution in [1.29, 1.82) is 0 Å². The van der Waals surface area contributed by atoms with Gasteiger partial charge in [-0.25, -0.2) is 4.98 Å². The molecule has 0 aliphatic carbocycles. The van der Waals surface area contributed by atoms with Crippen molar-refractivity contribution < 1.29 is 9.72 Å². The number of aromatic nitrogens is 1. The lowest BCUT2D eigenvalue weighted by Crippen LogP contribution is -2.48. The van der Waals surface area contributed by atoms with E-state index >= 15 is 0 Å². The Hall–Kier alpha value is -1.83. The maximum atomic E-state index is 12.6. The van der Waals surface area contributed by atoms with Crippen molar-refractivity contribution in [2.45, 2.75) is 25.1 Å². The zero-order valence-electron chi connectivity index (χ0n) is 11.3. The predicted octanol–water partition coefficient (Wildman–Crippen LogP) is 1.54. The van der Waals surface area contributed by atoms with Crippen LogP contribution in [0.2, 0.25) is 0 Å². The molecule has 2 heterocycles. The van der Waals surface area contributed by atoms with Gasteiger partial charge < -0.3 is 10.6 Å². The van der Waals surface area contributed by atoms with Crippen LogP contribution in [0.1, 0.15) is 24.2 Å². The van der Waals surface area contributed by atoms with Gasteiger partial charge in [0, 0.05) is 23.6 Å². The van der Waals surface area contributed by atoms with Crippen molar-refractivity contribution in [3.8, 4) is 0 Å². The Kier molecular flexibility index (Phi) is 4.12. The van der Waals surface area contributed by atoms with Crippen molar-refractivity contribution in [3.05, 3.63) is 27.9 Å². The SMILES string of the molecule is CC1SCCN(C(=O)c2cc(N)ncc2[N+](=O)[O-])C1C. The second-order valence-corrected chi connectivity index (χ2v) is 6.18. The molecule has 108 valence electrons. The van der Waals surface area contributed by atoms with Gasteiger partial charge in [-0.3, -0.25) is 14.9 Å². The molecule has 1 amide bonds. The molecule has 20 heavy (non-hydrogen) atoms. The van der Waals surface area contributed by atoms with E-state index in [1.165, 1.54) is 6.07 Å². The Morgan fingerprint density at radius 2 is 2.30 bits per heavy atom. The normalized spacial score (nSPS) is 22.6. The van der Waals surface area contributed by atoms with E-state index in [1.54, 1.807) is 16.7 Å². The van der Waals surface area contributed by atoms with Crippen LogP contribution in [0.25, 0.3) is 0 Å². The summed E-state index contributed by atoms with van der Waals surface area (Å²) in [5.74, 6) is 0.572. The third-order valence-corrected chi connectivity index (χ3v) is 4.81. The second-order valence-electron chi connectivity index (χ2n) is 4.70. The summed E-state index contributed by atoms with van der Waals surface area (Å²) in [5.41, 5.74) is 5.25. The fourth-order valence-electron chi connectivity index (χ4n) is 2.16. The number of amides is 1. The van der Waals surface area contributed by atoms with Gasteiger partial charge in [0.15, 0.2) is 0 Å². The summed E-state index contributed by atoms with van der Waals surface area (Å²) in [4.78, 5) is 28.3. The quantitative estimate of drug-likeness (QED) is 0.656. The molecule has 7 nitrogen and oxygen atoms in total. The van der Waals surface area contributed by atoms with Crippen LogP contribution in [0.4, 0.5) is 11.5 Å². The van der Waals surface area contributed by atoms with Gasteiger partial charge >= 0.3 is 0 Å². The van der Waals surface area contributed by atoms with Gasteiger partial charge in [0.2, 0.25) is 0 Å². The molecule has 0 saturated carbocycles. The van der Waals surface area contributed by atoms with E-state index in [9.17, 15) is 14.9 Å². The fraction of sp³-hybridized carbons (Fsp3) is 0.500. The number of nitrogens with two attached hydrogens (primary N) is 1. The zero-order valence-corrected chi connectivity index (χ0v) is 12.1. The molecule has 2 rings (SSSR count). The highest BCUT2D eigenvalue weighted by atomic mass is 32.2. The third-order valence-electron chi connectivity index (χ3n) is 3.48. The molecule has 0 spiro atoms. The number of carbonyl (C=O) groups is 1. The Bertz CT molecular complexity index is 552. The molecule has 1 fully saturated rings. The number of hydrogen-bond acceptors (Lipinski definition) is 6. The minimum atomic E-state index is -0.605. The average Bonchev–Trinajstić information content (AvgIpc) is 2.40. The van der Waals surface area contributed by atoms with Crippen LogP contribution in [0.15, 0.2) is 12.3 Å². The van der Waals surface area contributed by atoms with Crippen molar-refractivity contribution in [1.82, 2.24) is 9.88 Å². The van der Waals surface area contributed by atoms with Crippen LogP contribution in [0, 0.1) is 10.1 Å². The molecule has 1 aliphatic heterocycles. The van der Waals surface area contributed by atoms with Crippen LogP contribution >= 0.6 is 11.8 Å². The molecule has 1 aliphatic rings. The summed E-state index contributed by atoms with van der Waals surface area (Å²) >= 11 is 1.79. The Morgan fingerprint density at radius 3 is 2.95 bits per heavy atom. The standard InChI is InChI=1S/C12H16N4O3S/c1-7-8(2)20-4-3-15(7)12(17)9-5-11(13)14-6-10(9)16(18)19/h5-8H,3-4H2,1-2H3,(H2,13,14). The smallest absolute Gasteiger partial charge is 0.300 e. The van der Waals surface area contributed by atoms with Crippen LogP contribution in [0.3, 0.4) is 0 Å². The average molecular weight is 296 g/mol. The van der Waals surface area contributed by atoms with Crippen molar-refractivity contribution in [2.75, 3.05) is 18.0 Å². The molecule has 8 heteroatoms. The molecule has 1 saturated heterocycles. The molecular formula is C12H16N4O3S. The van der Waals surface area contributed by atoms with Gasteiger partial charge in [-0.15, -0.1) is 0 Å². The topological polar surface area (TPSA) is 102 Å². The number of nitro groups is 1. The molecule has 2 atom stereocenters. The van der Waals surface area contributed by atoms with Crippen LogP contribution in [-0.2, 0) is 0 Å². The van der Waals surface area contributed by atoms with E-state index in [1.807, 2.05) is 13.8 Å². The van der Waals surface area contributed by atoms with Gasteiger partial charge in [-0.1, -0.05) is 6.92 Å². The maximum absolute atomic E-state index is 12.6. The number of anilines is 1. The summed E-state index contributed by atoms with van der Waals surface area (Å²) in [6, 6.07) is 1.30. The van der Waals surface area contributed by atoms with Crippen molar-refractivity contribution >= 4 is 29.2 Å². The lowest BCUT2D eigenvalue weighted by molar-refractivity contribution is -0.385. The number of carbonyl (C=O) groups excluding carboxylic acids is 1. The number of nitrogens with zero attached hydrogens (tertiary/aromatic N) is 3. The molecule has 0 bridgehead atoms. The number of thioether (sulfide) groups is 1. The van der Waals surface area contributed by atoms with E-state index in [-0.39, 0.29) is 29.0 Å². The van der Waals surface area contributed by atoms with E-state index in [0.717, 1.165) is 11.9 Å². The number of hydrogen-bond donors (Lipinski definition) is 1. The molecule has 1 aromatic rings. The van der Waals surface area contributed by atoms with E-state index in [0.29, 0.717) is 11.8 Å². The number of nitrogen functional groups attached to an aromatic ring is 1. The lowest BCUT2D eigenvalue weighted by atomic mass is 10.1. The summed E-state index contributed by atoms with van der Waals surface area (Å²) in [5, 5.41) is 11.3. The Morgan fingerprint density at radius 1 is 1.60 bits per heavy atom. The fourth-order valence-corrected chi connectivity index (χ4v) is 3.25. The highest BCUT2D eigenvalue weighted by molar-refractivity contribution is 8.00. The van der Waals surface area contributed by atoms with E-state index < -0.39 is 4.92 Å². The molecule has 1 aromatic heterocycles. The largest absolute Gasteiger partial charge is 0.384 e. The molecule has 2 unspecified atom stereocenters. The molecule has 0 aromatic carbocycles. The van der Waals surface area contributed by atoms with Crippen LogP contribution < -0.4 is 5.73 Å². The first-order valence-corrected chi connectivity index (χ1v) is 7.29. The van der Waals surface area contributed by atoms with Gasteiger partial charge in [0.25, 0.3) is 11.6 Å².